The summed E-state index contributed by atoms with van der Waals surface area (Å²) in [5.74, 6) is -1.08. The van der Waals surface area contributed by atoms with Gasteiger partial charge in [0.05, 0.1) is 4.47 Å². The van der Waals surface area contributed by atoms with Gasteiger partial charge in [-0.3, -0.25) is 9.59 Å². The van der Waals surface area contributed by atoms with E-state index < -0.39 is 11.5 Å². The highest BCUT2D eigenvalue weighted by Crippen LogP contribution is 2.07. The summed E-state index contributed by atoms with van der Waals surface area (Å²) in [5, 5.41) is 8.46. The standard InChI is InChI=1S/C7H7BrN2O3/c8-5-1-4(9)2-10(7(5)13)3-6(11)12/h1-2H,3,9H2,(H,11,12). The summed E-state index contributed by atoms with van der Waals surface area (Å²) in [6, 6.07) is 1.43. The Bertz CT molecular complexity index is 399. The lowest BCUT2D eigenvalue weighted by molar-refractivity contribution is -0.137. The Morgan fingerprint density at radius 3 is 2.85 bits per heavy atom. The zero-order valence-electron chi connectivity index (χ0n) is 6.53. The lowest BCUT2D eigenvalue weighted by Gasteiger charge is -2.03. The van der Waals surface area contributed by atoms with E-state index in [0.29, 0.717) is 5.69 Å². The number of carboxylic acid groups (broad SMARTS) is 1. The summed E-state index contributed by atoms with van der Waals surface area (Å²) in [6.07, 6.45) is 1.29. The maximum Gasteiger partial charge on any atom is 0.323 e. The van der Waals surface area contributed by atoms with Crippen LogP contribution in [0.25, 0.3) is 0 Å². The molecule has 70 valence electrons. The van der Waals surface area contributed by atoms with Gasteiger partial charge in [-0.05, 0) is 22.0 Å². The number of nitrogen functional groups attached to an aromatic ring is 1. The van der Waals surface area contributed by atoms with Gasteiger partial charge in [-0.1, -0.05) is 0 Å². The summed E-state index contributed by atoms with van der Waals surface area (Å²) in [5.41, 5.74) is 5.36. The van der Waals surface area contributed by atoms with Crippen molar-refractivity contribution in [3.05, 3.63) is 27.1 Å². The topological polar surface area (TPSA) is 85.3 Å². The summed E-state index contributed by atoms with van der Waals surface area (Å²) in [4.78, 5) is 21.6. The molecule has 0 amide bonds. The first-order chi connectivity index (χ1) is 6.00. The number of aliphatic carboxylic acids is 1. The highest BCUT2D eigenvalue weighted by Gasteiger charge is 2.05. The third kappa shape index (κ3) is 2.32. The average molecular weight is 247 g/mol. The van der Waals surface area contributed by atoms with Crippen LogP contribution in [-0.2, 0) is 11.3 Å². The maximum absolute atomic E-state index is 11.3. The molecule has 0 bridgehead atoms. The Labute approximate surface area is 81.9 Å². The highest BCUT2D eigenvalue weighted by atomic mass is 79.9. The van der Waals surface area contributed by atoms with Crippen molar-refractivity contribution in [1.82, 2.24) is 4.57 Å². The highest BCUT2D eigenvalue weighted by molar-refractivity contribution is 9.10. The van der Waals surface area contributed by atoms with Crippen molar-refractivity contribution < 1.29 is 9.90 Å². The van der Waals surface area contributed by atoms with Crippen LogP contribution in [0.3, 0.4) is 0 Å². The van der Waals surface area contributed by atoms with Crippen molar-refractivity contribution in [2.24, 2.45) is 0 Å². The number of nitrogens with two attached hydrogens (primary N) is 1. The molecule has 0 saturated heterocycles. The number of nitrogens with zero attached hydrogens (tertiary/aromatic N) is 1. The number of carboxylic acids is 1. The van der Waals surface area contributed by atoms with Crippen LogP contribution in [0.1, 0.15) is 0 Å². The van der Waals surface area contributed by atoms with Crippen LogP contribution in [0.2, 0.25) is 0 Å². The number of pyridine rings is 1. The van der Waals surface area contributed by atoms with Crippen molar-refractivity contribution >= 4 is 27.6 Å². The quantitative estimate of drug-likeness (QED) is 0.785. The number of hydrogen-bond acceptors (Lipinski definition) is 3. The number of carbonyl (C=O) groups is 1. The fourth-order valence-electron chi connectivity index (χ4n) is 0.884. The molecule has 0 radical (unpaired) electrons. The van der Waals surface area contributed by atoms with Crippen LogP contribution in [0, 0.1) is 0 Å². The van der Waals surface area contributed by atoms with E-state index in [1.54, 1.807) is 0 Å². The minimum Gasteiger partial charge on any atom is -0.480 e. The van der Waals surface area contributed by atoms with Gasteiger partial charge >= 0.3 is 5.97 Å². The SMILES string of the molecule is Nc1cc(Br)c(=O)n(CC(=O)O)c1. The zero-order valence-corrected chi connectivity index (χ0v) is 8.11. The number of aromatic nitrogens is 1. The molecule has 1 heterocycles. The molecule has 0 aliphatic rings. The third-order valence-electron chi connectivity index (χ3n) is 1.37. The molecule has 6 heteroatoms. The van der Waals surface area contributed by atoms with Gasteiger partial charge in [-0.25, -0.2) is 0 Å². The fraction of sp³-hybridized carbons (Fsp3) is 0.143. The first kappa shape index (κ1) is 9.79. The monoisotopic (exact) mass is 246 g/mol. The molecule has 0 spiro atoms. The van der Waals surface area contributed by atoms with Crippen LogP contribution in [0.15, 0.2) is 21.5 Å². The Morgan fingerprint density at radius 2 is 2.31 bits per heavy atom. The van der Waals surface area contributed by atoms with E-state index in [4.69, 9.17) is 10.8 Å². The van der Waals surface area contributed by atoms with Crippen LogP contribution in [0.5, 0.6) is 0 Å². The van der Waals surface area contributed by atoms with Crippen LogP contribution >= 0.6 is 15.9 Å². The number of hydrogen-bond donors (Lipinski definition) is 2. The van der Waals surface area contributed by atoms with Gasteiger partial charge in [0, 0.05) is 11.9 Å². The molecule has 13 heavy (non-hydrogen) atoms. The maximum atomic E-state index is 11.3. The summed E-state index contributed by atoms with van der Waals surface area (Å²) >= 11 is 2.98. The molecule has 0 aliphatic heterocycles. The number of rotatable bonds is 2. The van der Waals surface area contributed by atoms with Gasteiger partial charge < -0.3 is 15.4 Å². The molecule has 1 aromatic heterocycles. The zero-order chi connectivity index (χ0) is 10.0. The first-order valence-corrected chi connectivity index (χ1v) is 4.17. The van der Waals surface area contributed by atoms with E-state index in [1.807, 2.05) is 0 Å². The summed E-state index contributed by atoms with van der Waals surface area (Å²) < 4.78 is 1.29. The minimum atomic E-state index is -1.08. The molecule has 1 aromatic rings. The van der Waals surface area contributed by atoms with E-state index >= 15 is 0 Å². The van der Waals surface area contributed by atoms with E-state index in [9.17, 15) is 9.59 Å². The van der Waals surface area contributed by atoms with Gasteiger partial charge in [-0.2, -0.15) is 0 Å². The third-order valence-corrected chi connectivity index (χ3v) is 1.94. The average Bonchev–Trinajstić information content (AvgIpc) is 1.98. The molecule has 0 aromatic carbocycles. The fourth-order valence-corrected chi connectivity index (χ4v) is 1.38. The van der Waals surface area contributed by atoms with Crippen LogP contribution in [-0.4, -0.2) is 15.6 Å². The van der Waals surface area contributed by atoms with Crippen molar-refractivity contribution in [2.75, 3.05) is 5.73 Å². The van der Waals surface area contributed by atoms with E-state index in [1.165, 1.54) is 12.3 Å². The summed E-state index contributed by atoms with van der Waals surface area (Å²) in [7, 11) is 0. The first-order valence-electron chi connectivity index (χ1n) is 3.38. The largest absolute Gasteiger partial charge is 0.480 e. The normalized spacial score (nSPS) is 9.92. The molecule has 5 nitrogen and oxygen atoms in total. The Morgan fingerprint density at radius 1 is 1.69 bits per heavy atom. The molecule has 3 N–H and O–H groups in total. The van der Waals surface area contributed by atoms with Crippen molar-refractivity contribution in [1.29, 1.82) is 0 Å². The summed E-state index contributed by atoms with van der Waals surface area (Å²) in [6.45, 7) is -0.386. The van der Waals surface area contributed by atoms with Gasteiger partial charge in [-0.15, -0.1) is 0 Å². The van der Waals surface area contributed by atoms with E-state index in [-0.39, 0.29) is 11.0 Å². The van der Waals surface area contributed by atoms with Crippen molar-refractivity contribution in [3.8, 4) is 0 Å². The molecule has 1 rings (SSSR count). The van der Waals surface area contributed by atoms with E-state index in [0.717, 1.165) is 4.57 Å². The molecule has 0 unspecified atom stereocenters. The van der Waals surface area contributed by atoms with Crippen LogP contribution < -0.4 is 11.3 Å². The number of halogens is 1. The smallest absolute Gasteiger partial charge is 0.323 e. The second kappa shape index (κ2) is 3.61. The molecule has 0 saturated carbocycles. The van der Waals surface area contributed by atoms with Crippen LogP contribution in [0.4, 0.5) is 5.69 Å². The predicted octanol–water partition coefficient (Wildman–Crippen LogP) is 0.278. The van der Waals surface area contributed by atoms with Gasteiger partial charge in [0.2, 0.25) is 0 Å². The molecular weight excluding hydrogens is 240 g/mol. The number of anilines is 1. The Kier molecular flexibility index (Phi) is 2.72. The minimum absolute atomic E-state index is 0.258. The molecule has 0 atom stereocenters. The van der Waals surface area contributed by atoms with Crippen molar-refractivity contribution in [2.45, 2.75) is 6.54 Å². The molecule has 0 fully saturated rings. The van der Waals surface area contributed by atoms with Crippen molar-refractivity contribution in [3.63, 3.8) is 0 Å². The van der Waals surface area contributed by atoms with E-state index in [2.05, 4.69) is 15.9 Å². The van der Waals surface area contributed by atoms with Gasteiger partial charge in [0.15, 0.2) is 0 Å². The molecular formula is C7H7BrN2O3. The second-order valence-electron chi connectivity index (χ2n) is 2.45. The predicted molar refractivity (Wildman–Crippen MR) is 50.5 cm³/mol. The van der Waals surface area contributed by atoms with Gasteiger partial charge in [0.1, 0.15) is 6.54 Å². The van der Waals surface area contributed by atoms with Gasteiger partial charge in [0.25, 0.3) is 5.56 Å². The molecule has 0 aliphatic carbocycles. The lowest BCUT2D eigenvalue weighted by Crippen LogP contribution is -2.24. The second-order valence-corrected chi connectivity index (χ2v) is 3.30. The Balaban J connectivity index is 3.21. The lowest BCUT2D eigenvalue weighted by atomic mass is 10.4. The Hall–Kier alpha value is -1.30.